The lowest BCUT2D eigenvalue weighted by Gasteiger charge is -2.32. The molecule has 1 N–H and O–H groups in total. The van der Waals surface area contributed by atoms with Crippen LogP contribution in [0.5, 0.6) is 0 Å². The van der Waals surface area contributed by atoms with Crippen LogP contribution in [0.2, 0.25) is 0 Å². The SMILES string of the molecule is CC(=O)Nc1ccc(C(=O)N2CCC(Cn3ccnc3-c3ccccc3)CC2)cc1. The van der Waals surface area contributed by atoms with Crippen LogP contribution < -0.4 is 5.32 Å². The predicted octanol–water partition coefficient (Wildman–Crippen LogP) is 4.06. The van der Waals surface area contributed by atoms with Gasteiger partial charge in [-0.3, -0.25) is 9.59 Å². The third kappa shape index (κ3) is 4.59. The predicted molar refractivity (Wildman–Crippen MR) is 117 cm³/mol. The zero-order valence-electron chi connectivity index (χ0n) is 17.1. The van der Waals surface area contributed by atoms with Gasteiger partial charge in [-0.25, -0.2) is 4.98 Å². The third-order valence-corrected chi connectivity index (χ3v) is 5.56. The van der Waals surface area contributed by atoms with Gasteiger partial charge >= 0.3 is 0 Å². The number of aromatic nitrogens is 2. The smallest absolute Gasteiger partial charge is 0.253 e. The molecule has 2 amide bonds. The molecular formula is C24H26N4O2. The molecule has 6 nitrogen and oxygen atoms in total. The molecule has 4 rings (SSSR count). The molecule has 1 aromatic heterocycles. The number of benzene rings is 2. The number of nitrogens with zero attached hydrogens (tertiary/aromatic N) is 3. The molecule has 30 heavy (non-hydrogen) atoms. The normalized spacial score (nSPS) is 14.5. The van der Waals surface area contributed by atoms with E-state index >= 15 is 0 Å². The first-order valence-electron chi connectivity index (χ1n) is 10.3. The van der Waals surface area contributed by atoms with Gasteiger partial charge in [-0.05, 0) is 43.0 Å². The summed E-state index contributed by atoms with van der Waals surface area (Å²) in [6.07, 6.45) is 5.84. The summed E-state index contributed by atoms with van der Waals surface area (Å²) in [6, 6.07) is 17.3. The number of hydrogen-bond acceptors (Lipinski definition) is 3. The summed E-state index contributed by atoms with van der Waals surface area (Å²) in [6.45, 7) is 3.89. The number of likely N-dealkylation sites (tertiary alicyclic amines) is 1. The van der Waals surface area contributed by atoms with Gasteiger partial charge in [0.25, 0.3) is 5.91 Å². The molecule has 154 valence electrons. The van der Waals surface area contributed by atoms with Gasteiger partial charge in [-0.1, -0.05) is 30.3 Å². The first-order valence-corrected chi connectivity index (χ1v) is 10.3. The van der Waals surface area contributed by atoms with Crippen molar-refractivity contribution in [3.05, 3.63) is 72.6 Å². The molecule has 0 aliphatic carbocycles. The maximum absolute atomic E-state index is 12.8. The Kier molecular flexibility index (Phi) is 5.93. The number of imidazole rings is 1. The number of rotatable bonds is 5. The number of amides is 2. The van der Waals surface area contributed by atoms with Crippen molar-refractivity contribution in [1.82, 2.24) is 14.5 Å². The average molecular weight is 402 g/mol. The Morgan fingerprint density at radius 2 is 1.73 bits per heavy atom. The van der Waals surface area contributed by atoms with Crippen LogP contribution in [0, 0.1) is 5.92 Å². The zero-order chi connectivity index (χ0) is 20.9. The summed E-state index contributed by atoms with van der Waals surface area (Å²) in [5.41, 5.74) is 2.48. The van der Waals surface area contributed by atoms with Crippen molar-refractivity contribution in [3.63, 3.8) is 0 Å². The molecule has 0 bridgehead atoms. The molecule has 1 saturated heterocycles. The van der Waals surface area contributed by atoms with Crippen molar-refractivity contribution in [2.24, 2.45) is 5.92 Å². The van der Waals surface area contributed by atoms with E-state index < -0.39 is 0 Å². The molecule has 0 saturated carbocycles. The monoisotopic (exact) mass is 402 g/mol. The fourth-order valence-electron chi connectivity index (χ4n) is 3.98. The fraction of sp³-hybridized carbons (Fsp3) is 0.292. The van der Waals surface area contributed by atoms with Gasteiger partial charge in [0, 0.05) is 55.8 Å². The average Bonchev–Trinajstić information content (AvgIpc) is 3.23. The lowest BCUT2D eigenvalue weighted by Crippen LogP contribution is -2.39. The quantitative estimate of drug-likeness (QED) is 0.700. The van der Waals surface area contributed by atoms with E-state index in [4.69, 9.17) is 0 Å². The van der Waals surface area contributed by atoms with E-state index in [0.717, 1.165) is 43.9 Å². The second-order valence-electron chi connectivity index (χ2n) is 7.76. The molecule has 0 radical (unpaired) electrons. The second kappa shape index (κ2) is 8.95. The van der Waals surface area contributed by atoms with E-state index in [0.29, 0.717) is 17.2 Å². The maximum atomic E-state index is 12.8. The van der Waals surface area contributed by atoms with Gasteiger partial charge in [0.05, 0.1) is 0 Å². The van der Waals surface area contributed by atoms with E-state index in [2.05, 4.69) is 27.0 Å². The van der Waals surface area contributed by atoms with E-state index in [1.807, 2.05) is 35.5 Å². The van der Waals surface area contributed by atoms with Crippen LogP contribution in [0.4, 0.5) is 5.69 Å². The summed E-state index contributed by atoms with van der Waals surface area (Å²) in [5, 5.41) is 2.72. The number of anilines is 1. The van der Waals surface area contributed by atoms with Gasteiger partial charge in [0.1, 0.15) is 5.82 Å². The van der Waals surface area contributed by atoms with Gasteiger partial charge in [-0.2, -0.15) is 0 Å². The lowest BCUT2D eigenvalue weighted by molar-refractivity contribution is -0.114. The minimum atomic E-state index is -0.121. The summed E-state index contributed by atoms with van der Waals surface area (Å²) >= 11 is 0. The first kappa shape index (κ1) is 19.9. The Bertz CT molecular complexity index is 1000. The Balaban J connectivity index is 1.34. The van der Waals surface area contributed by atoms with Crippen molar-refractivity contribution in [2.45, 2.75) is 26.3 Å². The van der Waals surface area contributed by atoms with Crippen molar-refractivity contribution in [2.75, 3.05) is 18.4 Å². The third-order valence-electron chi connectivity index (χ3n) is 5.56. The molecule has 2 aromatic carbocycles. The van der Waals surface area contributed by atoms with Crippen LogP contribution in [0.1, 0.15) is 30.1 Å². The molecule has 2 heterocycles. The van der Waals surface area contributed by atoms with Gasteiger partial charge in [0.15, 0.2) is 0 Å². The second-order valence-corrected chi connectivity index (χ2v) is 7.76. The van der Waals surface area contributed by atoms with Gasteiger partial charge < -0.3 is 14.8 Å². The van der Waals surface area contributed by atoms with Crippen molar-refractivity contribution in [3.8, 4) is 11.4 Å². The molecule has 0 atom stereocenters. The van der Waals surface area contributed by atoms with Crippen LogP contribution >= 0.6 is 0 Å². The highest BCUT2D eigenvalue weighted by Crippen LogP contribution is 2.24. The lowest BCUT2D eigenvalue weighted by atomic mass is 9.96. The van der Waals surface area contributed by atoms with E-state index in [9.17, 15) is 9.59 Å². The standard InChI is InChI=1S/C24H26N4O2/c1-18(29)26-22-9-7-21(8-10-22)24(30)27-14-11-19(12-15-27)17-28-16-13-25-23(28)20-5-3-2-4-6-20/h2-10,13,16,19H,11-12,14-15,17H2,1H3,(H,26,29). The molecular weight excluding hydrogens is 376 g/mol. The minimum Gasteiger partial charge on any atom is -0.339 e. The first-order chi connectivity index (χ1) is 14.6. The summed E-state index contributed by atoms with van der Waals surface area (Å²) in [7, 11) is 0. The molecule has 1 aliphatic rings. The minimum absolute atomic E-state index is 0.0513. The van der Waals surface area contributed by atoms with Crippen LogP contribution in [0.15, 0.2) is 67.0 Å². The molecule has 1 fully saturated rings. The molecule has 0 spiro atoms. The Hall–Kier alpha value is -3.41. The fourth-order valence-corrected chi connectivity index (χ4v) is 3.98. The number of hydrogen-bond donors (Lipinski definition) is 1. The Labute approximate surface area is 176 Å². The number of piperidine rings is 1. The van der Waals surface area contributed by atoms with E-state index in [1.54, 1.807) is 24.3 Å². The number of carbonyl (C=O) groups is 2. The van der Waals surface area contributed by atoms with Crippen LogP contribution in [0.3, 0.4) is 0 Å². The summed E-state index contributed by atoms with van der Waals surface area (Å²) < 4.78 is 2.22. The maximum Gasteiger partial charge on any atom is 0.253 e. The summed E-state index contributed by atoms with van der Waals surface area (Å²) in [5.74, 6) is 1.45. The largest absolute Gasteiger partial charge is 0.339 e. The topological polar surface area (TPSA) is 67.2 Å². The highest BCUT2D eigenvalue weighted by molar-refractivity contribution is 5.95. The molecule has 3 aromatic rings. The summed E-state index contributed by atoms with van der Waals surface area (Å²) in [4.78, 5) is 30.4. The molecule has 6 heteroatoms. The number of nitrogens with one attached hydrogen (secondary N) is 1. The van der Waals surface area contributed by atoms with Gasteiger partial charge in [0.2, 0.25) is 5.91 Å². The van der Waals surface area contributed by atoms with Crippen LogP contribution in [-0.4, -0.2) is 39.4 Å². The Morgan fingerprint density at radius 1 is 1.03 bits per heavy atom. The zero-order valence-corrected chi connectivity index (χ0v) is 17.1. The Morgan fingerprint density at radius 3 is 2.40 bits per heavy atom. The highest BCUT2D eigenvalue weighted by atomic mass is 16.2. The van der Waals surface area contributed by atoms with Crippen LogP contribution in [0.25, 0.3) is 11.4 Å². The number of carbonyl (C=O) groups excluding carboxylic acids is 2. The van der Waals surface area contributed by atoms with Crippen molar-refractivity contribution in [1.29, 1.82) is 0 Å². The van der Waals surface area contributed by atoms with Crippen molar-refractivity contribution < 1.29 is 9.59 Å². The van der Waals surface area contributed by atoms with Gasteiger partial charge in [-0.15, -0.1) is 0 Å². The van der Waals surface area contributed by atoms with E-state index in [1.165, 1.54) is 6.92 Å². The van der Waals surface area contributed by atoms with Crippen LogP contribution in [-0.2, 0) is 11.3 Å². The highest BCUT2D eigenvalue weighted by Gasteiger charge is 2.24. The van der Waals surface area contributed by atoms with Crippen molar-refractivity contribution >= 4 is 17.5 Å². The molecule has 1 aliphatic heterocycles. The van der Waals surface area contributed by atoms with E-state index in [-0.39, 0.29) is 11.8 Å². The molecule has 0 unspecified atom stereocenters.